The number of hydrogen-bond acceptors (Lipinski definition) is 4. The van der Waals surface area contributed by atoms with Crippen molar-refractivity contribution >= 4 is 17.6 Å². The second kappa shape index (κ2) is 10.9. The maximum absolute atomic E-state index is 14.4. The lowest BCUT2D eigenvalue weighted by atomic mass is 10.0. The zero-order chi connectivity index (χ0) is 22.9. The van der Waals surface area contributed by atoms with E-state index in [0.29, 0.717) is 17.0 Å². The van der Waals surface area contributed by atoms with Crippen LogP contribution >= 0.6 is 0 Å². The Balaban J connectivity index is 1.56. The van der Waals surface area contributed by atoms with Crippen molar-refractivity contribution in [2.45, 2.75) is 26.4 Å². The number of aromatic nitrogens is 1. The van der Waals surface area contributed by atoms with Crippen molar-refractivity contribution in [2.24, 2.45) is 5.92 Å². The Morgan fingerprint density at radius 3 is 2.50 bits per heavy atom. The number of anilines is 1. The van der Waals surface area contributed by atoms with Crippen molar-refractivity contribution in [3.05, 3.63) is 84.4 Å². The zero-order valence-corrected chi connectivity index (χ0v) is 17.8. The summed E-state index contributed by atoms with van der Waals surface area (Å²) in [4.78, 5) is 28.8. The van der Waals surface area contributed by atoms with Gasteiger partial charge in [-0.1, -0.05) is 38.1 Å². The third-order valence-electron chi connectivity index (χ3n) is 4.59. The molecule has 1 atom stereocenters. The van der Waals surface area contributed by atoms with Crippen LogP contribution in [0.5, 0.6) is 11.5 Å². The highest BCUT2D eigenvalue weighted by atomic mass is 19.1. The topological polar surface area (TPSA) is 92.4 Å². The van der Waals surface area contributed by atoms with Crippen molar-refractivity contribution in [3.63, 3.8) is 0 Å². The third-order valence-corrected chi connectivity index (χ3v) is 4.59. The Hall–Kier alpha value is -3.94. The summed E-state index contributed by atoms with van der Waals surface area (Å²) < 4.78 is 19.9. The highest BCUT2D eigenvalue weighted by molar-refractivity contribution is 5.93. The molecule has 1 aromatic heterocycles. The number of halogens is 1. The summed E-state index contributed by atoms with van der Waals surface area (Å²) in [7, 11) is 0. The van der Waals surface area contributed by atoms with Crippen LogP contribution in [0, 0.1) is 11.7 Å². The van der Waals surface area contributed by atoms with Gasteiger partial charge in [0, 0.05) is 18.4 Å². The Bertz CT molecular complexity index is 1050. The first-order valence-electron chi connectivity index (χ1n) is 10.2. The molecule has 0 aliphatic heterocycles. The largest absolute Gasteiger partial charge is 0.453 e. The smallest absolute Gasteiger partial charge is 0.319 e. The standard InChI is InChI=1S/C24H25FN4O3/c1-16(2)22(29-24(31)28-18-7-4-3-5-8-18)23(30)27-14-17-10-11-21(20(25)13-17)32-19-9-6-12-26-15-19/h3-13,15-16,22H,14H2,1-2H3,(H,27,30)(H2,28,29,31). The number of carbonyl (C=O) groups is 2. The fourth-order valence-corrected chi connectivity index (χ4v) is 2.94. The van der Waals surface area contributed by atoms with Crippen LogP contribution in [-0.2, 0) is 11.3 Å². The van der Waals surface area contributed by atoms with Gasteiger partial charge in [0.15, 0.2) is 11.6 Å². The molecule has 3 amide bonds. The quantitative estimate of drug-likeness (QED) is 0.486. The van der Waals surface area contributed by atoms with E-state index in [-0.39, 0.29) is 24.1 Å². The van der Waals surface area contributed by atoms with Crippen LogP contribution in [0.25, 0.3) is 0 Å². The summed E-state index contributed by atoms with van der Waals surface area (Å²) in [5.41, 5.74) is 1.18. The van der Waals surface area contributed by atoms with Gasteiger partial charge in [0.1, 0.15) is 11.8 Å². The van der Waals surface area contributed by atoms with Crippen molar-refractivity contribution in [1.82, 2.24) is 15.6 Å². The van der Waals surface area contributed by atoms with E-state index in [1.54, 1.807) is 48.7 Å². The second-order valence-corrected chi connectivity index (χ2v) is 7.46. The molecule has 0 aliphatic rings. The number of para-hydroxylation sites is 1. The predicted molar refractivity (Wildman–Crippen MR) is 120 cm³/mol. The Labute approximate surface area is 186 Å². The van der Waals surface area contributed by atoms with Crippen LogP contribution in [0.3, 0.4) is 0 Å². The van der Waals surface area contributed by atoms with Gasteiger partial charge in [-0.3, -0.25) is 9.78 Å². The van der Waals surface area contributed by atoms with E-state index in [1.807, 2.05) is 19.9 Å². The van der Waals surface area contributed by atoms with Gasteiger partial charge >= 0.3 is 6.03 Å². The highest BCUT2D eigenvalue weighted by Gasteiger charge is 2.24. The predicted octanol–water partition coefficient (Wildman–Crippen LogP) is 4.48. The Morgan fingerprint density at radius 2 is 1.84 bits per heavy atom. The van der Waals surface area contributed by atoms with E-state index in [9.17, 15) is 14.0 Å². The third kappa shape index (κ3) is 6.53. The van der Waals surface area contributed by atoms with Crippen LogP contribution in [0.15, 0.2) is 73.1 Å². The molecule has 8 heteroatoms. The van der Waals surface area contributed by atoms with E-state index < -0.39 is 17.9 Å². The maximum atomic E-state index is 14.4. The fraction of sp³-hybridized carbons (Fsp3) is 0.208. The minimum atomic E-state index is -0.753. The van der Waals surface area contributed by atoms with Gasteiger partial charge in [-0.15, -0.1) is 0 Å². The summed E-state index contributed by atoms with van der Waals surface area (Å²) in [5, 5.41) is 8.13. The van der Waals surface area contributed by atoms with Gasteiger partial charge in [-0.05, 0) is 47.9 Å². The van der Waals surface area contributed by atoms with Crippen LogP contribution in [0.2, 0.25) is 0 Å². The number of ether oxygens (including phenoxy) is 1. The van der Waals surface area contributed by atoms with Gasteiger partial charge in [0.25, 0.3) is 0 Å². The van der Waals surface area contributed by atoms with Crippen LogP contribution in [-0.4, -0.2) is 23.0 Å². The molecule has 0 aliphatic carbocycles. The van der Waals surface area contributed by atoms with Gasteiger partial charge in [-0.25, -0.2) is 9.18 Å². The lowest BCUT2D eigenvalue weighted by molar-refractivity contribution is -0.124. The summed E-state index contributed by atoms with van der Waals surface area (Å²) in [6.07, 6.45) is 3.08. The van der Waals surface area contributed by atoms with E-state index >= 15 is 0 Å². The SMILES string of the molecule is CC(C)C(NC(=O)Nc1ccccc1)C(=O)NCc1ccc(Oc2cccnc2)c(F)c1. The van der Waals surface area contributed by atoms with Gasteiger partial charge in [0.05, 0.1) is 6.20 Å². The molecule has 1 heterocycles. The second-order valence-electron chi connectivity index (χ2n) is 7.46. The zero-order valence-electron chi connectivity index (χ0n) is 17.8. The van der Waals surface area contributed by atoms with Crippen molar-refractivity contribution in [3.8, 4) is 11.5 Å². The molecule has 0 fully saturated rings. The van der Waals surface area contributed by atoms with Crippen molar-refractivity contribution in [2.75, 3.05) is 5.32 Å². The highest BCUT2D eigenvalue weighted by Crippen LogP contribution is 2.24. The lowest BCUT2D eigenvalue weighted by Gasteiger charge is -2.22. The number of pyridine rings is 1. The average Bonchev–Trinajstić information content (AvgIpc) is 2.78. The van der Waals surface area contributed by atoms with Crippen molar-refractivity contribution in [1.29, 1.82) is 0 Å². The molecule has 1 unspecified atom stereocenters. The molecule has 0 radical (unpaired) electrons. The molecule has 166 valence electrons. The van der Waals surface area contributed by atoms with E-state index in [4.69, 9.17) is 4.74 Å². The van der Waals surface area contributed by atoms with Gasteiger partial charge in [-0.2, -0.15) is 0 Å². The number of hydrogen-bond donors (Lipinski definition) is 3. The lowest BCUT2D eigenvalue weighted by Crippen LogP contribution is -2.50. The summed E-state index contributed by atoms with van der Waals surface area (Å²) in [6, 6.07) is 15.5. The fourth-order valence-electron chi connectivity index (χ4n) is 2.94. The molecule has 2 aromatic carbocycles. The van der Waals surface area contributed by atoms with Crippen LogP contribution in [0.4, 0.5) is 14.9 Å². The van der Waals surface area contributed by atoms with E-state index in [0.717, 1.165) is 0 Å². The monoisotopic (exact) mass is 436 g/mol. The van der Waals surface area contributed by atoms with Crippen LogP contribution in [0.1, 0.15) is 19.4 Å². The minimum Gasteiger partial charge on any atom is -0.453 e. The molecule has 3 rings (SSSR count). The minimum absolute atomic E-state index is 0.0624. The van der Waals surface area contributed by atoms with E-state index in [1.165, 1.54) is 18.3 Å². The van der Waals surface area contributed by atoms with Gasteiger partial charge < -0.3 is 20.7 Å². The number of amides is 3. The number of nitrogens with one attached hydrogen (secondary N) is 3. The molecule has 0 saturated carbocycles. The van der Waals surface area contributed by atoms with E-state index in [2.05, 4.69) is 20.9 Å². The van der Waals surface area contributed by atoms with Crippen molar-refractivity contribution < 1.29 is 18.7 Å². The van der Waals surface area contributed by atoms with Gasteiger partial charge in [0.2, 0.25) is 5.91 Å². The summed E-state index contributed by atoms with van der Waals surface area (Å²) in [6.45, 7) is 3.77. The first-order chi connectivity index (χ1) is 15.4. The Kier molecular flexibility index (Phi) is 7.75. The molecule has 3 N–H and O–H groups in total. The first-order valence-corrected chi connectivity index (χ1v) is 10.2. The summed E-state index contributed by atoms with van der Waals surface area (Å²) >= 11 is 0. The number of rotatable bonds is 8. The molecule has 0 saturated heterocycles. The summed E-state index contributed by atoms with van der Waals surface area (Å²) in [5.74, 6) is -0.580. The Morgan fingerprint density at radius 1 is 1.06 bits per heavy atom. The average molecular weight is 436 g/mol. The molecule has 7 nitrogen and oxygen atoms in total. The number of nitrogens with zero attached hydrogens (tertiary/aromatic N) is 1. The molecular weight excluding hydrogens is 411 g/mol. The maximum Gasteiger partial charge on any atom is 0.319 e. The number of carbonyl (C=O) groups excluding carboxylic acids is 2. The molecular formula is C24H25FN4O3. The number of urea groups is 1. The molecule has 32 heavy (non-hydrogen) atoms. The first kappa shape index (κ1) is 22.7. The normalized spacial score (nSPS) is 11.5. The molecule has 3 aromatic rings. The van der Waals surface area contributed by atoms with Crippen LogP contribution < -0.4 is 20.7 Å². The molecule has 0 spiro atoms. The number of benzene rings is 2. The molecule has 0 bridgehead atoms.